The average Bonchev–Trinajstić information content (AvgIpc) is 3.13. The first-order valence-corrected chi connectivity index (χ1v) is 8.45. The number of carbonyl (C=O) groups excluding carboxylic acids is 1. The van der Waals surface area contributed by atoms with Crippen LogP contribution in [0.1, 0.15) is 23.0 Å². The molecule has 7 nitrogen and oxygen atoms in total. The predicted molar refractivity (Wildman–Crippen MR) is 104 cm³/mol. The summed E-state index contributed by atoms with van der Waals surface area (Å²) in [7, 11) is 3.15. The second kappa shape index (κ2) is 8.27. The van der Waals surface area contributed by atoms with Gasteiger partial charge in [-0.2, -0.15) is 5.10 Å². The van der Waals surface area contributed by atoms with Gasteiger partial charge in [-0.1, -0.05) is 0 Å². The Labute approximate surface area is 156 Å². The molecule has 0 saturated heterocycles. The molecule has 0 unspecified atom stereocenters. The highest BCUT2D eigenvalue weighted by Crippen LogP contribution is 2.31. The first-order chi connectivity index (χ1) is 13.1. The number of fused-ring (bicyclic) bond motifs is 1. The highest BCUT2D eigenvalue weighted by atomic mass is 16.5. The number of ether oxygens (including phenoxy) is 3. The van der Waals surface area contributed by atoms with Crippen molar-refractivity contribution in [2.75, 3.05) is 20.8 Å². The van der Waals surface area contributed by atoms with Crippen LogP contribution >= 0.6 is 0 Å². The molecule has 0 spiro atoms. The number of aromatic nitrogens is 1. The highest BCUT2D eigenvalue weighted by molar-refractivity contribution is 6.00. The van der Waals surface area contributed by atoms with Gasteiger partial charge < -0.3 is 19.2 Å². The zero-order chi connectivity index (χ0) is 19.2. The minimum Gasteiger partial charge on any atom is -0.497 e. The molecule has 0 bridgehead atoms. The number of methoxy groups -OCH3 is 2. The minimum absolute atomic E-state index is 0.352. The summed E-state index contributed by atoms with van der Waals surface area (Å²) in [6, 6.07) is 12.7. The van der Waals surface area contributed by atoms with Crippen LogP contribution in [0.5, 0.6) is 17.2 Å². The average molecular weight is 367 g/mol. The van der Waals surface area contributed by atoms with E-state index in [1.807, 2.05) is 31.2 Å². The van der Waals surface area contributed by atoms with Crippen LogP contribution < -0.4 is 19.6 Å². The van der Waals surface area contributed by atoms with E-state index in [4.69, 9.17) is 14.2 Å². The Hall–Kier alpha value is -3.48. The molecule has 0 fully saturated rings. The molecule has 140 valence electrons. The Bertz CT molecular complexity index is 961. The lowest BCUT2D eigenvalue weighted by Crippen LogP contribution is -2.17. The molecule has 1 aromatic heterocycles. The van der Waals surface area contributed by atoms with Crippen molar-refractivity contribution in [2.24, 2.45) is 5.10 Å². The largest absolute Gasteiger partial charge is 0.497 e. The minimum atomic E-state index is -0.352. The topological polar surface area (TPSA) is 84.9 Å². The van der Waals surface area contributed by atoms with Crippen molar-refractivity contribution in [3.63, 3.8) is 0 Å². The van der Waals surface area contributed by atoms with Gasteiger partial charge >= 0.3 is 0 Å². The Morgan fingerprint density at radius 1 is 1.11 bits per heavy atom. The molecule has 0 atom stereocenters. The van der Waals surface area contributed by atoms with Gasteiger partial charge in [-0.25, -0.2) is 5.43 Å². The number of nitrogens with zero attached hydrogens (tertiary/aromatic N) is 1. The quantitative estimate of drug-likeness (QED) is 0.495. The van der Waals surface area contributed by atoms with Gasteiger partial charge in [0.2, 0.25) is 0 Å². The molecule has 0 saturated carbocycles. The Balaban J connectivity index is 1.72. The van der Waals surface area contributed by atoms with Crippen molar-refractivity contribution >= 4 is 23.0 Å². The number of carbonyl (C=O) groups is 1. The number of aromatic amines is 1. The van der Waals surface area contributed by atoms with Crippen molar-refractivity contribution in [2.45, 2.75) is 6.92 Å². The predicted octanol–water partition coefficient (Wildman–Crippen LogP) is 3.35. The van der Waals surface area contributed by atoms with Gasteiger partial charge in [0.25, 0.3) is 5.91 Å². The summed E-state index contributed by atoms with van der Waals surface area (Å²) in [6.07, 6.45) is 1.57. The highest BCUT2D eigenvalue weighted by Gasteiger charge is 2.13. The third-order valence-corrected chi connectivity index (χ3v) is 3.94. The van der Waals surface area contributed by atoms with E-state index in [1.54, 1.807) is 38.6 Å². The standard InChI is InChI=1S/C20H21N3O4/c1-4-27-14-7-5-13(6-8-14)12-21-23-20(24)18-11-16-17(22-18)9-15(25-2)10-19(16)26-3/h5-12,22H,4H2,1-3H3,(H,23,24)/b21-12-. The summed E-state index contributed by atoms with van der Waals surface area (Å²) >= 11 is 0. The number of hydrogen-bond donors (Lipinski definition) is 2. The van der Waals surface area contributed by atoms with Crippen molar-refractivity contribution in [1.29, 1.82) is 0 Å². The fourth-order valence-electron chi connectivity index (χ4n) is 2.63. The van der Waals surface area contributed by atoms with Crippen LogP contribution in [0.2, 0.25) is 0 Å². The summed E-state index contributed by atoms with van der Waals surface area (Å²) < 4.78 is 16.0. The van der Waals surface area contributed by atoms with Crippen LogP contribution in [0.25, 0.3) is 10.9 Å². The zero-order valence-electron chi connectivity index (χ0n) is 15.4. The lowest BCUT2D eigenvalue weighted by molar-refractivity contribution is 0.0951. The van der Waals surface area contributed by atoms with E-state index < -0.39 is 0 Å². The third kappa shape index (κ3) is 4.20. The number of nitrogens with one attached hydrogen (secondary N) is 2. The zero-order valence-corrected chi connectivity index (χ0v) is 15.4. The third-order valence-electron chi connectivity index (χ3n) is 3.94. The molecule has 1 heterocycles. The molecule has 0 aliphatic heterocycles. The summed E-state index contributed by atoms with van der Waals surface area (Å²) in [5, 5.41) is 4.79. The Morgan fingerprint density at radius 3 is 2.56 bits per heavy atom. The van der Waals surface area contributed by atoms with E-state index in [0.29, 0.717) is 23.8 Å². The van der Waals surface area contributed by atoms with Gasteiger partial charge in [-0.3, -0.25) is 4.79 Å². The van der Waals surface area contributed by atoms with Crippen LogP contribution in [0, 0.1) is 0 Å². The molecule has 0 radical (unpaired) electrons. The molecule has 0 aliphatic rings. The fourth-order valence-corrected chi connectivity index (χ4v) is 2.63. The van der Waals surface area contributed by atoms with Crippen molar-refractivity contribution in [3.8, 4) is 17.2 Å². The Morgan fingerprint density at radius 2 is 1.89 bits per heavy atom. The van der Waals surface area contributed by atoms with Crippen LogP contribution in [-0.2, 0) is 0 Å². The lowest BCUT2D eigenvalue weighted by Gasteiger charge is -2.04. The van der Waals surface area contributed by atoms with Crippen LogP contribution in [0.15, 0.2) is 47.6 Å². The number of benzene rings is 2. The van der Waals surface area contributed by atoms with Gasteiger partial charge in [-0.05, 0) is 42.8 Å². The molecule has 7 heteroatoms. The number of amides is 1. The second-order valence-corrected chi connectivity index (χ2v) is 5.68. The molecule has 1 amide bonds. The molecule has 2 N–H and O–H groups in total. The van der Waals surface area contributed by atoms with Crippen LogP contribution in [0.4, 0.5) is 0 Å². The first-order valence-electron chi connectivity index (χ1n) is 8.45. The SMILES string of the molecule is CCOc1ccc(/C=N\NC(=O)c2cc3c(OC)cc(OC)cc3[nH]2)cc1. The van der Waals surface area contributed by atoms with Crippen molar-refractivity contribution in [3.05, 3.63) is 53.7 Å². The van der Waals surface area contributed by atoms with E-state index >= 15 is 0 Å². The fraction of sp³-hybridized carbons (Fsp3) is 0.200. The molecular formula is C20H21N3O4. The molecular weight excluding hydrogens is 346 g/mol. The van der Waals surface area contributed by atoms with Crippen molar-refractivity contribution in [1.82, 2.24) is 10.4 Å². The molecule has 2 aromatic carbocycles. The molecule has 27 heavy (non-hydrogen) atoms. The molecule has 3 aromatic rings. The monoisotopic (exact) mass is 367 g/mol. The maximum Gasteiger partial charge on any atom is 0.287 e. The summed E-state index contributed by atoms with van der Waals surface area (Å²) in [6.45, 7) is 2.55. The van der Waals surface area contributed by atoms with E-state index in [2.05, 4.69) is 15.5 Å². The maximum absolute atomic E-state index is 12.3. The van der Waals surface area contributed by atoms with E-state index in [1.165, 1.54) is 0 Å². The smallest absolute Gasteiger partial charge is 0.287 e. The van der Waals surface area contributed by atoms with Gasteiger partial charge in [0.15, 0.2) is 0 Å². The van der Waals surface area contributed by atoms with E-state index in [9.17, 15) is 4.79 Å². The van der Waals surface area contributed by atoms with Crippen LogP contribution in [-0.4, -0.2) is 37.9 Å². The number of H-pyrrole nitrogens is 1. The van der Waals surface area contributed by atoms with E-state index in [-0.39, 0.29) is 5.91 Å². The summed E-state index contributed by atoms with van der Waals surface area (Å²) in [4.78, 5) is 15.4. The Kier molecular flexibility index (Phi) is 5.61. The van der Waals surface area contributed by atoms with Gasteiger partial charge in [0.1, 0.15) is 22.9 Å². The lowest BCUT2D eigenvalue weighted by atomic mass is 10.2. The van der Waals surface area contributed by atoms with Gasteiger partial charge in [0, 0.05) is 17.5 Å². The first kappa shape index (κ1) is 18.3. The summed E-state index contributed by atoms with van der Waals surface area (Å²) in [5.41, 5.74) is 4.48. The van der Waals surface area contributed by atoms with E-state index in [0.717, 1.165) is 22.2 Å². The van der Waals surface area contributed by atoms with Crippen molar-refractivity contribution < 1.29 is 19.0 Å². The normalized spacial score (nSPS) is 10.9. The molecule has 3 rings (SSSR count). The number of hydrogen-bond acceptors (Lipinski definition) is 5. The van der Waals surface area contributed by atoms with Gasteiger partial charge in [-0.15, -0.1) is 0 Å². The van der Waals surface area contributed by atoms with Gasteiger partial charge in [0.05, 0.1) is 32.6 Å². The molecule has 0 aliphatic carbocycles. The maximum atomic E-state index is 12.3. The second-order valence-electron chi connectivity index (χ2n) is 5.68. The number of rotatable bonds is 7. The van der Waals surface area contributed by atoms with Crippen LogP contribution in [0.3, 0.4) is 0 Å². The summed E-state index contributed by atoms with van der Waals surface area (Å²) in [5.74, 6) is 1.70. The number of hydrazone groups is 1.